The van der Waals surface area contributed by atoms with Crippen LogP contribution in [0.2, 0.25) is 0 Å². The third-order valence-electron chi connectivity index (χ3n) is 4.49. The Bertz CT molecular complexity index is 1320. The van der Waals surface area contributed by atoms with Crippen molar-refractivity contribution in [3.8, 4) is 0 Å². The van der Waals surface area contributed by atoms with Gasteiger partial charge in [-0.15, -0.1) is 0 Å². The Balaban J connectivity index is 1.78. The fraction of sp³-hybridized carbons (Fsp3) is 0.0952. The van der Waals surface area contributed by atoms with Crippen LogP contribution in [-0.2, 0) is 14.8 Å². The number of H-pyrrole nitrogens is 1. The Morgan fingerprint density at radius 3 is 2.46 bits per heavy atom. The first-order valence-electron chi connectivity index (χ1n) is 8.75. The first kappa shape index (κ1) is 18.1. The van der Waals surface area contributed by atoms with Crippen LogP contribution >= 0.6 is 0 Å². The number of anilines is 2. The number of amides is 1. The molecule has 0 radical (unpaired) electrons. The van der Waals surface area contributed by atoms with Gasteiger partial charge in [-0.3, -0.25) is 9.52 Å². The standard InChI is InChI=1S/C21H19N3O3S/c1-13-11-15-12-16(7-8-19(15)22-13)24-28(26,27)21-10-9-20(23-14(2)25)17-5-3-4-6-18(17)21/h3-12,22,24H,1-2H3,(H,23,25). The van der Waals surface area contributed by atoms with Gasteiger partial charge in [0.2, 0.25) is 5.91 Å². The first-order chi connectivity index (χ1) is 13.3. The number of aromatic amines is 1. The van der Waals surface area contributed by atoms with E-state index in [4.69, 9.17) is 0 Å². The molecule has 1 aromatic heterocycles. The number of carbonyl (C=O) groups excluding carboxylic acids is 1. The maximum Gasteiger partial charge on any atom is 0.262 e. The number of hydrogen-bond acceptors (Lipinski definition) is 3. The fourth-order valence-electron chi connectivity index (χ4n) is 3.36. The number of aryl methyl sites for hydroxylation is 1. The molecule has 142 valence electrons. The van der Waals surface area contributed by atoms with Gasteiger partial charge in [0.1, 0.15) is 0 Å². The lowest BCUT2D eigenvalue weighted by Crippen LogP contribution is -2.14. The zero-order chi connectivity index (χ0) is 19.9. The van der Waals surface area contributed by atoms with Crippen LogP contribution in [0.5, 0.6) is 0 Å². The van der Waals surface area contributed by atoms with Gasteiger partial charge in [-0.1, -0.05) is 24.3 Å². The number of carbonyl (C=O) groups is 1. The highest BCUT2D eigenvalue weighted by Gasteiger charge is 2.19. The molecule has 0 saturated heterocycles. The van der Waals surface area contributed by atoms with Crippen LogP contribution in [0.25, 0.3) is 21.7 Å². The molecule has 0 unspecified atom stereocenters. The van der Waals surface area contributed by atoms with Crippen molar-refractivity contribution in [1.82, 2.24) is 4.98 Å². The summed E-state index contributed by atoms with van der Waals surface area (Å²) in [7, 11) is -3.82. The van der Waals surface area contributed by atoms with Crippen molar-refractivity contribution in [2.45, 2.75) is 18.7 Å². The summed E-state index contributed by atoms with van der Waals surface area (Å²) in [5.41, 5.74) is 3.02. The number of benzene rings is 3. The Morgan fingerprint density at radius 2 is 1.71 bits per heavy atom. The van der Waals surface area contributed by atoms with Crippen LogP contribution in [0.4, 0.5) is 11.4 Å². The topological polar surface area (TPSA) is 91.1 Å². The third kappa shape index (κ3) is 3.32. The van der Waals surface area contributed by atoms with E-state index in [1.807, 2.05) is 19.1 Å². The van der Waals surface area contributed by atoms with Crippen molar-refractivity contribution >= 4 is 49.0 Å². The molecular formula is C21H19N3O3S. The van der Waals surface area contributed by atoms with E-state index in [9.17, 15) is 13.2 Å². The number of fused-ring (bicyclic) bond motifs is 2. The molecule has 6 nitrogen and oxygen atoms in total. The Labute approximate surface area is 162 Å². The van der Waals surface area contributed by atoms with E-state index in [1.54, 1.807) is 42.5 Å². The lowest BCUT2D eigenvalue weighted by Gasteiger charge is -2.13. The Morgan fingerprint density at radius 1 is 0.964 bits per heavy atom. The minimum atomic E-state index is -3.82. The van der Waals surface area contributed by atoms with Crippen molar-refractivity contribution in [2.75, 3.05) is 10.0 Å². The minimum Gasteiger partial charge on any atom is -0.359 e. The summed E-state index contributed by atoms with van der Waals surface area (Å²) >= 11 is 0. The second-order valence-electron chi connectivity index (χ2n) is 6.70. The molecule has 28 heavy (non-hydrogen) atoms. The van der Waals surface area contributed by atoms with Crippen molar-refractivity contribution in [1.29, 1.82) is 0 Å². The predicted octanol–water partition coefficient (Wildman–Crippen LogP) is 4.39. The van der Waals surface area contributed by atoms with Gasteiger partial charge in [0.25, 0.3) is 10.0 Å². The van der Waals surface area contributed by atoms with E-state index in [0.29, 0.717) is 22.1 Å². The second-order valence-corrected chi connectivity index (χ2v) is 8.35. The molecule has 0 saturated carbocycles. The molecule has 3 aromatic carbocycles. The lowest BCUT2D eigenvalue weighted by atomic mass is 10.1. The van der Waals surface area contributed by atoms with Gasteiger partial charge < -0.3 is 10.3 Å². The van der Waals surface area contributed by atoms with E-state index in [2.05, 4.69) is 15.0 Å². The monoisotopic (exact) mass is 393 g/mol. The van der Waals surface area contributed by atoms with E-state index in [1.165, 1.54) is 13.0 Å². The van der Waals surface area contributed by atoms with Gasteiger partial charge in [0.15, 0.2) is 0 Å². The SMILES string of the molecule is CC(=O)Nc1ccc(S(=O)(=O)Nc2ccc3[nH]c(C)cc3c2)c2ccccc12. The summed E-state index contributed by atoms with van der Waals surface area (Å²) in [6.45, 7) is 3.37. The molecule has 1 amide bonds. The zero-order valence-corrected chi connectivity index (χ0v) is 16.2. The Hall–Kier alpha value is -3.32. The van der Waals surface area contributed by atoms with Crippen LogP contribution in [0, 0.1) is 6.92 Å². The number of rotatable bonds is 4. The summed E-state index contributed by atoms with van der Waals surface area (Å²) in [6.07, 6.45) is 0. The molecular weight excluding hydrogens is 374 g/mol. The van der Waals surface area contributed by atoms with Crippen LogP contribution in [0.1, 0.15) is 12.6 Å². The first-order valence-corrected chi connectivity index (χ1v) is 10.2. The van der Waals surface area contributed by atoms with E-state index in [0.717, 1.165) is 16.6 Å². The number of nitrogens with one attached hydrogen (secondary N) is 3. The van der Waals surface area contributed by atoms with E-state index in [-0.39, 0.29) is 10.8 Å². The highest BCUT2D eigenvalue weighted by molar-refractivity contribution is 7.93. The molecule has 4 rings (SSSR count). The molecule has 0 spiro atoms. The van der Waals surface area contributed by atoms with Crippen molar-refractivity contribution in [3.63, 3.8) is 0 Å². The van der Waals surface area contributed by atoms with Crippen LogP contribution in [-0.4, -0.2) is 19.3 Å². The van der Waals surface area contributed by atoms with Gasteiger partial charge >= 0.3 is 0 Å². The maximum absolute atomic E-state index is 13.1. The van der Waals surface area contributed by atoms with E-state index < -0.39 is 10.0 Å². The molecule has 0 bridgehead atoms. The largest absolute Gasteiger partial charge is 0.359 e. The van der Waals surface area contributed by atoms with E-state index >= 15 is 0 Å². The third-order valence-corrected chi connectivity index (χ3v) is 5.93. The molecule has 0 atom stereocenters. The molecule has 0 aliphatic heterocycles. The molecule has 1 heterocycles. The minimum absolute atomic E-state index is 0.155. The zero-order valence-electron chi connectivity index (χ0n) is 15.4. The molecule has 0 fully saturated rings. The highest BCUT2D eigenvalue weighted by atomic mass is 32.2. The summed E-state index contributed by atoms with van der Waals surface area (Å²) in [5.74, 6) is -0.214. The average molecular weight is 393 g/mol. The maximum atomic E-state index is 13.1. The quantitative estimate of drug-likeness (QED) is 0.480. The summed E-state index contributed by atoms with van der Waals surface area (Å²) in [5, 5.41) is 4.88. The molecule has 4 aromatic rings. The molecule has 3 N–H and O–H groups in total. The van der Waals surface area contributed by atoms with Gasteiger partial charge in [0, 0.05) is 45.7 Å². The summed E-state index contributed by atoms with van der Waals surface area (Å²) in [4.78, 5) is 14.8. The van der Waals surface area contributed by atoms with Crippen LogP contribution < -0.4 is 10.0 Å². The normalized spacial score (nSPS) is 11.6. The molecule has 7 heteroatoms. The number of hydrogen-bond donors (Lipinski definition) is 3. The number of sulfonamides is 1. The van der Waals surface area contributed by atoms with Crippen LogP contribution in [0.3, 0.4) is 0 Å². The predicted molar refractivity (Wildman–Crippen MR) is 112 cm³/mol. The van der Waals surface area contributed by atoms with Gasteiger partial charge in [-0.05, 0) is 43.3 Å². The van der Waals surface area contributed by atoms with Gasteiger partial charge in [-0.2, -0.15) is 0 Å². The van der Waals surface area contributed by atoms with Crippen LogP contribution in [0.15, 0.2) is 65.6 Å². The average Bonchev–Trinajstić information content (AvgIpc) is 3.00. The molecule has 0 aliphatic carbocycles. The van der Waals surface area contributed by atoms with Gasteiger partial charge in [0.05, 0.1) is 4.90 Å². The van der Waals surface area contributed by atoms with Crippen molar-refractivity contribution in [3.05, 3.63) is 66.4 Å². The smallest absolute Gasteiger partial charge is 0.262 e. The number of aromatic nitrogens is 1. The summed E-state index contributed by atoms with van der Waals surface area (Å²) < 4.78 is 28.8. The second kappa shape index (κ2) is 6.69. The van der Waals surface area contributed by atoms with Gasteiger partial charge in [-0.25, -0.2) is 8.42 Å². The fourth-order valence-corrected chi connectivity index (χ4v) is 4.62. The molecule has 0 aliphatic rings. The van der Waals surface area contributed by atoms with Crippen molar-refractivity contribution in [2.24, 2.45) is 0 Å². The van der Waals surface area contributed by atoms with Crippen molar-refractivity contribution < 1.29 is 13.2 Å². The summed E-state index contributed by atoms with van der Waals surface area (Å²) in [6, 6.07) is 17.5. The lowest BCUT2D eigenvalue weighted by molar-refractivity contribution is -0.114. The highest BCUT2D eigenvalue weighted by Crippen LogP contribution is 2.31. The Kier molecular flexibility index (Phi) is 4.31.